The Hall–Kier alpha value is -1.06. The summed E-state index contributed by atoms with van der Waals surface area (Å²) in [6.45, 7) is 8.72. The summed E-state index contributed by atoms with van der Waals surface area (Å²) in [5, 5.41) is 3.53. The minimum absolute atomic E-state index is 0.381. The van der Waals surface area contributed by atoms with E-state index in [2.05, 4.69) is 48.3 Å². The van der Waals surface area contributed by atoms with E-state index in [1.165, 1.54) is 30.6 Å². The molecule has 0 aliphatic carbocycles. The van der Waals surface area contributed by atoms with Crippen molar-refractivity contribution in [1.29, 1.82) is 0 Å². The first-order chi connectivity index (χ1) is 9.78. The second kappa shape index (κ2) is 6.15. The lowest BCUT2D eigenvalue weighted by atomic mass is 9.97. The highest BCUT2D eigenvalue weighted by Crippen LogP contribution is 2.33. The molecule has 3 rings (SSSR count). The SMILES string of the molecule is CCC1COC(C)CN1CCC1CNc2ccccc21. The summed E-state index contributed by atoms with van der Waals surface area (Å²) < 4.78 is 5.79. The highest BCUT2D eigenvalue weighted by atomic mass is 16.5. The number of morpholine rings is 1. The third kappa shape index (κ3) is 2.84. The van der Waals surface area contributed by atoms with Crippen LogP contribution in [0.1, 0.15) is 38.2 Å². The third-order valence-electron chi connectivity index (χ3n) is 4.76. The van der Waals surface area contributed by atoms with Crippen LogP contribution in [0, 0.1) is 0 Å². The molecule has 0 radical (unpaired) electrons. The molecule has 1 saturated heterocycles. The quantitative estimate of drug-likeness (QED) is 0.913. The van der Waals surface area contributed by atoms with Crippen LogP contribution < -0.4 is 5.32 Å². The Morgan fingerprint density at radius 2 is 2.20 bits per heavy atom. The first-order valence-corrected chi connectivity index (χ1v) is 7.96. The van der Waals surface area contributed by atoms with E-state index in [0.29, 0.717) is 18.1 Å². The van der Waals surface area contributed by atoms with Crippen LogP contribution >= 0.6 is 0 Å². The molecule has 3 atom stereocenters. The van der Waals surface area contributed by atoms with E-state index in [0.717, 1.165) is 19.7 Å². The zero-order valence-corrected chi connectivity index (χ0v) is 12.6. The number of anilines is 1. The molecule has 0 amide bonds. The van der Waals surface area contributed by atoms with Gasteiger partial charge in [-0.15, -0.1) is 0 Å². The minimum Gasteiger partial charge on any atom is -0.384 e. The molecule has 20 heavy (non-hydrogen) atoms. The Morgan fingerprint density at radius 3 is 3.05 bits per heavy atom. The van der Waals surface area contributed by atoms with Crippen molar-refractivity contribution in [1.82, 2.24) is 4.90 Å². The fraction of sp³-hybridized carbons (Fsp3) is 0.647. The molecule has 1 N–H and O–H groups in total. The Labute approximate surface area is 122 Å². The predicted octanol–water partition coefficient (Wildman–Crippen LogP) is 3.09. The molecule has 3 nitrogen and oxygen atoms in total. The lowest BCUT2D eigenvalue weighted by molar-refractivity contribution is -0.0563. The van der Waals surface area contributed by atoms with Gasteiger partial charge in [-0.25, -0.2) is 0 Å². The molecule has 1 aromatic rings. The molecule has 3 unspecified atom stereocenters. The number of benzene rings is 1. The van der Waals surface area contributed by atoms with Crippen molar-refractivity contribution in [3.63, 3.8) is 0 Å². The highest BCUT2D eigenvalue weighted by Gasteiger charge is 2.27. The van der Waals surface area contributed by atoms with Gasteiger partial charge in [0.05, 0.1) is 12.7 Å². The molecule has 2 aliphatic rings. The topological polar surface area (TPSA) is 24.5 Å². The molecule has 0 bridgehead atoms. The molecule has 0 saturated carbocycles. The standard InChI is InChI=1S/C17H26N2O/c1-3-15-12-20-13(2)11-19(15)9-8-14-10-18-17-7-5-4-6-16(14)17/h4-7,13-15,18H,3,8-12H2,1-2H3. The molecule has 2 heterocycles. The Bertz CT molecular complexity index is 448. The molecule has 0 spiro atoms. The number of nitrogens with zero attached hydrogens (tertiary/aromatic N) is 1. The zero-order valence-electron chi connectivity index (χ0n) is 12.6. The summed E-state index contributed by atoms with van der Waals surface area (Å²) in [4.78, 5) is 2.63. The van der Waals surface area contributed by atoms with E-state index in [4.69, 9.17) is 4.74 Å². The molecule has 110 valence electrons. The number of nitrogens with one attached hydrogen (secondary N) is 1. The summed E-state index contributed by atoms with van der Waals surface area (Å²) >= 11 is 0. The lowest BCUT2D eigenvalue weighted by Gasteiger charge is -2.38. The first-order valence-electron chi connectivity index (χ1n) is 7.96. The van der Waals surface area contributed by atoms with Gasteiger partial charge in [-0.3, -0.25) is 4.90 Å². The van der Waals surface area contributed by atoms with E-state index in [1.807, 2.05) is 0 Å². The zero-order chi connectivity index (χ0) is 13.9. The van der Waals surface area contributed by atoms with Crippen LogP contribution in [-0.4, -0.2) is 43.3 Å². The van der Waals surface area contributed by atoms with Crippen molar-refractivity contribution < 1.29 is 4.74 Å². The van der Waals surface area contributed by atoms with Gasteiger partial charge in [0.15, 0.2) is 0 Å². The van der Waals surface area contributed by atoms with Crippen molar-refractivity contribution in [3.05, 3.63) is 29.8 Å². The van der Waals surface area contributed by atoms with Gasteiger partial charge < -0.3 is 10.1 Å². The Balaban J connectivity index is 1.59. The second-order valence-corrected chi connectivity index (χ2v) is 6.15. The van der Waals surface area contributed by atoms with Gasteiger partial charge in [0.25, 0.3) is 0 Å². The minimum atomic E-state index is 0.381. The van der Waals surface area contributed by atoms with Crippen LogP contribution in [0.4, 0.5) is 5.69 Å². The number of rotatable bonds is 4. The normalized spacial score (nSPS) is 30.0. The van der Waals surface area contributed by atoms with E-state index < -0.39 is 0 Å². The predicted molar refractivity (Wildman–Crippen MR) is 83.4 cm³/mol. The van der Waals surface area contributed by atoms with Crippen LogP contribution in [0.5, 0.6) is 0 Å². The Morgan fingerprint density at radius 1 is 1.35 bits per heavy atom. The smallest absolute Gasteiger partial charge is 0.0674 e. The van der Waals surface area contributed by atoms with Gasteiger partial charge in [0.2, 0.25) is 0 Å². The maximum atomic E-state index is 5.79. The van der Waals surface area contributed by atoms with Gasteiger partial charge in [-0.1, -0.05) is 25.1 Å². The largest absolute Gasteiger partial charge is 0.384 e. The van der Waals surface area contributed by atoms with Crippen molar-refractivity contribution in [2.45, 2.75) is 44.8 Å². The monoisotopic (exact) mass is 274 g/mol. The van der Waals surface area contributed by atoms with Crippen LogP contribution in [-0.2, 0) is 4.74 Å². The lowest BCUT2D eigenvalue weighted by Crippen LogP contribution is -2.49. The fourth-order valence-corrected chi connectivity index (χ4v) is 3.50. The van der Waals surface area contributed by atoms with E-state index in [-0.39, 0.29) is 0 Å². The van der Waals surface area contributed by atoms with Gasteiger partial charge in [0.1, 0.15) is 0 Å². The maximum absolute atomic E-state index is 5.79. The van der Waals surface area contributed by atoms with Crippen molar-refractivity contribution in [2.75, 3.05) is 31.6 Å². The van der Waals surface area contributed by atoms with Crippen molar-refractivity contribution >= 4 is 5.69 Å². The van der Waals surface area contributed by atoms with Crippen molar-refractivity contribution in [2.24, 2.45) is 0 Å². The number of hydrogen-bond acceptors (Lipinski definition) is 3. The van der Waals surface area contributed by atoms with E-state index in [1.54, 1.807) is 0 Å². The van der Waals surface area contributed by atoms with Gasteiger partial charge in [-0.2, -0.15) is 0 Å². The Kier molecular flexibility index (Phi) is 4.27. The maximum Gasteiger partial charge on any atom is 0.0674 e. The molecule has 2 aliphatic heterocycles. The summed E-state index contributed by atoms with van der Waals surface area (Å²) in [5.41, 5.74) is 2.83. The van der Waals surface area contributed by atoms with Crippen molar-refractivity contribution in [3.8, 4) is 0 Å². The number of ether oxygens (including phenoxy) is 1. The van der Waals surface area contributed by atoms with E-state index in [9.17, 15) is 0 Å². The third-order valence-corrected chi connectivity index (χ3v) is 4.76. The average molecular weight is 274 g/mol. The van der Waals surface area contributed by atoms with Crippen LogP contribution in [0.3, 0.4) is 0 Å². The number of para-hydroxylation sites is 1. The molecule has 0 aromatic heterocycles. The van der Waals surface area contributed by atoms with Crippen LogP contribution in [0.15, 0.2) is 24.3 Å². The van der Waals surface area contributed by atoms with Crippen LogP contribution in [0.25, 0.3) is 0 Å². The fourth-order valence-electron chi connectivity index (χ4n) is 3.50. The summed E-state index contributed by atoms with van der Waals surface area (Å²) in [6.07, 6.45) is 2.81. The highest BCUT2D eigenvalue weighted by molar-refractivity contribution is 5.57. The molecule has 1 fully saturated rings. The number of fused-ring (bicyclic) bond motifs is 1. The van der Waals surface area contributed by atoms with Crippen LogP contribution in [0.2, 0.25) is 0 Å². The summed E-state index contributed by atoms with van der Waals surface area (Å²) in [7, 11) is 0. The average Bonchev–Trinajstić information content (AvgIpc) is 2.88. The van der Waals surface area contributed by atoms with Gasteiger partial charge >= 0.3 is 0 Å². The molecular formula is C17H26N2O. The second-order valence-electron chi connectivity index (χ2n) is 6.15. The van der Waals surface area contributed by atoms with E-state index >= 15 is 0 Å². The molecule has 3 heteroatoms. The van der Waals surface area contributed by atoms with Gasteiger partial charge in [-0.05, 0) is 37.9 Å². The summed E-state index contributed by atoms with van der Waals surface area (Å²) in [5.74, 6) is 0.668. The first kappa shape index (κ1) is 13.9. The number of hydrogen-bond donors (Lipinski definition) is 1. The summed E-state index contributed by atoms with van der Waals surface area (Å²) in [6, 6.07) is 9.35. The van der Waals surface area contributed by atoms with Gasteiger partial charge in [0, 0.05) is 30.7 Å². The molecule has 1 aromatic carbocycles. The molecular weight excluding hydrogens is 248 g/mol.